The van der Waals surface area contributed by atoms with Gasteiger partial charge in [0.2, 0.25) is 0 Å². The molecule has 1 aromatic carbocycles. The van der Waals surface area contributed by atoms with Crippen molar-refractivity contribution >= 4 is 16.9 Å². The Kier molecular flexibility index (Phi) is 3.61. The van der Waals surface area contributed by atoms with E-state index in [9.17, 15) is 14.4 Å². The van der Waals surface area contributed by atoms with Crippen LogP contribution in [0.1, 0.15) is 16.1 Å². The Morgan fingerprint density at radius 1 is 1.09 bits per heavy atom. The van der Waals surface area contributed by atoms with E-state index >= 15 is 0 Å². The number of hydrogen-bond donors (Lipinski definition) is 0. The monoisotopic (exact) mass is 310 g/mol. The normalized spacial score (nSPS) is 10.9. The van der Waals surface area contributed by atoms with E-state index in [-0.39, 0.29) is 23.4 Å². The summed E-state index contributed by atoms with van der Waals surface area (Å²) in [7, 11) is 2.90. The minimum Gasteiger partial charge on any atom is -0.294 e. The zero-order valence-corrected chi connectivity index (χ0v) is 12.7. The quantitative estimate of drug-likeness (QED) is 0.656. The summed E-state index contributed by atoms with van der Waals surface area (Å²) < 4.78 is 2.23. The highest BCUT2D eigenvalue weighted by Crippen LogP contribution is 2.07. The Labute approximate surface area is 130 Å². The maximum atomic E-state index is 12.2. The average Bonchev–Trinajstić information content (AvgIpc) is 2.58. The minimum atomic E-state index is -0.503. The Bertz CT molecular complexity index is 1020. The minimum absolute atomic E-state index is 0.0519. The highest BCUT2D eigenvalue weighted by Gasteiger charge is 2.13. The van der Waals surface area contributed by atoms with E-state index < -0.39 is 11.2 Å². The van der Waals surface area contributed by atoms with E-state index in [0.29, 0.717) is 11.3 Å². The lowest BCUT2D eigenvalue weighted by Gasteiger charge is -2.07. The first-order chi connectivity index (χ1) is 11.0. The number of carbonyl (C=O) groups is 1. The fourth-order valence-corrected chi connectivity index (χ4v) is 2.34. The van der Waals surface area contributed by atoms with Gasteiger partial charge in [0.05, 0.1) is 12.1 Å². The number of carbonyl (C=O) groups excluding carboxylic acids is 1. The number of nitrogens with zero attached hydrogens (tertiary/aromatic N) is 4. The molecule has 0 aliphatic carbocycles. The van der Waals surface area contributed by atoms with Gasteiger partial charge >= 0.3 is 5.69 Å². The molecule has 0 spiro atoms. The first kappa shape index (κ1) is 14.8. The highest BCUT2D eigenvalue weighted by atomic mass is 16.2. The molecule has 2 heterocycles. The molecule has 0 aliphatic heterocycles. The number of benzene rings is 1. The van der Waals surface area contributed by atoms with Crippen molar-refractivity contribution in [3.8, 4) is 0 Å². The van der Waals surface area contributed by atoms with Crippen molar-refractivity contribution in [2.75, 3.05) is 0 Å². The number of aromatic nitrogens is 4. The predicted octanol–water partition coefficient (Wildman–Crippen LogP) is 0.453. The van der Waals surface area contributed by atoms with Gasteiger partial charge in [0.1, 0.15) is 0 Å². The summed E-state index contributed by atoms with van der Waals surface area (Å²) in [5.41, 5.74) is 0.281. The van der Waals surface area contributed by atoms with Crippen LogP contribution in [0.3, 0.4) is 0 Å². The van der Waals surface area contributed by atoms with E-state index in [1.165, 1.54) is 24.9 Å². The van der Waals surface area contributed by atoms with Crippen LogP contribution in [0.2, 0.25) is 0 Å². The molecule has 7 heteroatoms. The third-order valence-corrected chi connectivity index (χ3v) is 3.64. The molecule has 116 valence electrons. The molecule has 0 unspecified atom stereocenters. The summed E-state index contributed by atoms with van der Waals surface area (Å²) in [5.74, 6) is -0.104. The van der Waals surface area contributed by atoms with E-state index in [1.807, 2.05) is 6.07 Å². The van der Waals surface area contributed by atoms with Gasteiger partial charge in [-0.15, -0.1) is 0 Å². The van der Waals surface area contributed by atoms with Crippen LogP contribution in [0, 0.1) is 0 Å². The number of aryl methyl sites for hydroxylation is 1. The molecule has 7 nitrogen and oxygen atoms in total. The number of ketones is 1. The van der Waals surface area contributed by atoms with Crippen LogP contribution in [-0.2, 0) is 20.5 Å². The number of fused-ring (bicyclic) bond motifs is 1. The van der Waals surface area contributed by atoms with Gasteiger partial charge in [0.25, 0.3) is 5.56 Å². The van der Waals surface area contributed by atoms with Gasteiger partial charge in [0.15, 0.2) is 16.9 Å². The summed E-state index contributed by atoms with van der Waals surface area (Å²) >= 11 is 0. The van der Waals surface area contributed by atoms with Gasteiger partial charge in [-0.25, -0.2) is 14.8 Å². The van der Waals surface area contributed by atoms with Crippen LogP contribution in [0.25, 0.3) is 11.2 Å². The van der Waals surface area contributed by atoms with Crippen molar-refractivity contribution in [2.24, 2.45) is 14.1 Å². The molecule has 0 bridgehead atoms. The second-order valence-electron chi connectivity index (χ2n) is 5.21. The van der Waals surface area contributed by atoms with Gasteiger partial charge in [-0.05, 0) is 0 Å². The molecule has 3 aromatic rings. The second-order valence-corrected chi connectivity index (χ2v) is 5.21. The molecule has 23 heavy (non-hydrogen) atoms. The van der Waals surface area contributed by atoms with E-state index in [2.05, 4.69) is 9.97 Å². The number of hydrogen-bond acceptors (Lipinski definition) is 5. The van der Waals surface area contributed by atoms with Gasteiger partial charge in [-0.2, -0.15) is 0 Å². The first-order valence-electron chi connectivity index (χ1n) is 6.99. The lowest BCUT2D eigenvalue weighted by atomic mass is 10.1. The maximum Gasteiger partial charge on any atom is 0.332 e. The van der Waals surface area contributed by atoms with Crippen molar-refractivity contribution in [2.45, 2.75) is 6.42 Å². The topological polar surface area (TPSA) is 86.8 Å². The van der Waals surface area contributed by atoms with Gasteiger partial charge in [0, 0.05) is 25.9 Å². The van der Waals surface area contributed by atoms with Crippen molar-refractivity contribution in [1.29, 1.82) is 0 Å². The van der Waals surface area contributed by atoms with Crippen LogP contribution < -0.4 is 11.2 Å². The standard InChI is InChI=1S/C16H14N4O3/c1-19-14-13(15(22)20(2)16(19)23)17-9-11(18-14)8-12(21)10-6-4-3-5-7-10/h3-7,9H,8H2,1-2H3. The average molecular weight is 310 g/mol. The number of rotatable bonds is 3. The van der Waals surface area contributed by atoms with Crippen molar-refractivity contribution in [1.82, 2.24) is 19.1 Å². The molecular weight excluding hydrogens is 296 g/mol. The highest BCUT2D eigenvalue weighted by molar-refractivity contribution is 5.97. The smallest absolute Gasteiger partial charge is 0.294 e. The molecule has 0 aliphatic rings. The third kappa shape index (κ3) is 2.57. The zero-order chi connectivity index (χ0) is 16.6. The molecular formula is C16H14N4O3. The zero-order valence-electron chi connectivity index (χ0n) is 12.7. The third-order valence-electron chi connectivity index (χ3n) is 3.64. The maximum absolute atomic E-state index is 12.2. The molecule has 0 fully saturated rings. The van der Waals surface area contributed by atoms with Gasteiger partial charge < -0.3 is 0 Å². The van der Waals surface area contributed by atoms with Crippen LogP contribution in [0.15, 0.2) is 46.1 Å². The summed E-state index contributed by atoms with van der Waals surface area (Å²) in [6.45, 7) is 0. The SMILES string of the molecule is Cn1c(=O)c2ncc(CC(=O)c3ccccc3)nc2n(C)c1=O. The molecule has 2 aromatic heterocycles. The van der Waals surface area contributed by atoms with Gasteiger partial charge in [-0.3, -0.25) is 18.7 Å². The molecule has 3 rings (SSSR count). The number of Topliss-reactive ketones (excluding diaryl/α,β-unsaturated/α-hetero) is 1. The first-order valence-corrected chi connectivity index (χ1v) is 6.99. The lowest BCUT2D eigenvalue weighted by molar-refractivity contribution is 0.0992. The lowest BCUT2D eigenvalue weighted by Crippen LogP contribution is -2.37. The second kappa shape index (κ2) is 5.60. The largest absolute Gasteiger partial charge is 0.332 e. The Morgan fingerprint density at radius 3 is 2.48 bits per heavy atom. The Hall–Kier alpha value is -3.09. The molecule has 0 radical (unpaired) electrons. The van der Waals surface area contributed by atoms with Crippen molar-refractivity contribution < 1.29 is 4.79 Å². The summed E-state index contributed by atoms with van der Waals surface area (Å²) in [6.07, 6.45) is 1.45. The summed E-state index contributed by atoms with van der Waals surface area (Å²) in [6, 6.07) is 8.85. The Balaban J connectivity index is 2.06. The fraction of sp³-hybridized carbons (Fsp3) is 0.188. The van der Waals surface area contributed by atoms with E-state index in [4.69, 9.17) is 0 Å². The Morgan fingerprint density at radius 2 is 1.78 bits per heavy atom. The predicted molar refractivity (Wildman–Crippen MR) is 84.5 cm³/mol. The molecule has 0 saturated heterocycles. The molecule has 0 atom stereocenters. The van der Waals surface area contributed by atoms with Crippen molar-refractivity contribution in [3.63, 3.8) is 0 Å². The van der Waals surface area contributed by atoms with Gasteiger partial charge in [-0.1, -0.05) is 30.3 Å². The van der Waals surface area contributed by atoms with E-state index in [0.717, 1.165) is 4.57 Å². The van der Waals surface area contributed by atoms with Crippen LogP contribution in [0.5, 0.6) is 0 Å². The molecule has 0 amide bonds. The fourth-order valence-electron chi connectivity index (χ4n) is 2.34. The summed E-state index contributed by atoms with van der Waals surface area (Å²) in [5, 5.41) is 0. The van der Waals surface area contributed by atoms with Crippen LogP contribution >= 0.6 is 0 Å². The van der Waals surface area contributed by atoms with E-state index in [1.54, 1.807) is 24.3 Å². The molecule has 0 N–H and O–H groups in total. The molecule has 0 saturated carbocycles. The van der Waals surface area contributed by atoms with Crippen LogP contribution in [-0.4, -0.2) is 24.9 Å². The van der Waals surface area contributed by atoms with Crippen LogP contribution in [0.4, 0.5) is 0 Å². The van der Waals surface area contributed by atoms with Crippen molar-refractivity contribution in [3.05, 3.63) is 68.6 Å². The summed E-state index contributed by atoms with van der Waals surface area (Å²) in [4.78, 5) is 44.6.